The van der Waals surface area contributed by atoms with Crippen molar-refractivity contribution in [2.75, 3.05) is 7.11 Å². The number of nitrogens with two attached hydrogens (primary N) is 1. The summed E-state index contributed by atoms with van der Waals surface area (Å²) in [6.45, 7) is 0. The molecule has 0 bridgehead atoms. The van der Waals surface area contributed by atoms with Crippen LogP contribution < -0.4 is 10.5 Å². The van der Waals surface area contributed by atoms with Gasteiger partial charge in [-0.05, 0) is 37.7 Å². The van der Waals surface area contributed by atoms with Crippen LogP contribution in [0.15, 0.2) is 24.4 Å². The van der Waals surface area contributed by atoms with E-state index in [2.05, 4.69) is 9.97 Å². The maximum atomic E-state index is 10.7. The lowest BCUT2D eigenvalue weighted by molar-refractivity contribution is -0.0291. The number of fused-ring (bicyclic) bond motifs is 1. The van der Waals surface area contributed by atoms with Gasteiger partial charge in [-0.3, -0.25) is 0 Å². The molecular weight excluding hydrogens is 294 g/mol. The maximum Gasteiger partial charge on any atom is 0.232 e. The van der Waals surface area contributed by atoms with Crippen molar-refractivity contribution in [1.29, 1.82) is 0 Å². The molecule has 6 heteroatoms. The molecule has 4 N–H and O–H groups in total. The molecule has 1 saturated carbocycles. The molecule has 1 aromatic heterocycles. The summed E-state index contributed by atoms with van der Waals surface area (Å²) in [6.07, 6.45) is 3.14. The fraction of sp³-hybridized carbons (Fsp3) is 0.529. The van der Waals surface area contributed by atoms with E-state index in [-0.39, 0.29) is 12.0 Å². The van der Waals surface area contributed by atoms with Gasteiger partial charge < -0.3 is 20.7 Å². The minimum Gasteiger partial charge on any atom is -0.480 e. The summed E-state index contributed by atoms with van der Waals surface area (Å²) in [7, 11) is 1.52. The molecule has 1 aromatic carbocycles. The number of aliphatic hydroxyl groups is 2. The van der Waals surface area contributed by atoms with E-state index in [1.807, 2.05) is 12.1 Å². The summed E-state index contributed by atoms with van der Waals surface area (Å²) in [5, 5.41) is 21.3. The number of hydrogen-bond acceptors (Lipinski definition) is 6. The normalized spacial score (nSPS) is 24.3. The Kier molecular flexibility index (Phi) is 4.75. The standard InChI is InChI=1S/C17H23N3O3/c1-23-14-9-19-13-4-2-3-12(15(13)20-14)17(22)16(21)10-5-7-11(18)8-6-10/h2-4,9-11,16-17,21-22H,5-8,18H2,1H3/t10-,11-,16-,17-/m0/s1. The van der Waals surface area contributed by atoms with Crippen LogP contribution in [0.1, 0.15) is 37.4 Å². The molecule has 1 aliphatic carbocycles. The second kappa shape index (κ2) is 6.78. The van der Waals surface area contributed by atoms with E-state index in [9.17, 15) is 10.2 Å². The Morgan fingerprint density at radius 3 is 2.65 bits per heavy atom. The molecule has 0 radical (unpaired) electrons. The Hall–Kier alpha value is -1.76. The Morgan fingerprint density at radius 2 is 1.96 bits per heavy atom. The lowest BCUT2D eigenvalue weighted by Crippen LogP contribution is -2.35. The molecule has 0 spiro atoms. The van der Waals surface area contributed by atoms with Crippen molar-refractivity contribution in [2.45, 2.75) is 43.9 Å². The summed E-state index contributed by atoms with van der Waals surface area (Å²) in [5.74, 6) is 0.439. The largest absolute Gasteiger partial charge is 0.480 e. The van der Waals surface area contributed by atoms with Gasteiger partial charge in [-0.1, -0.05) is 12.1 Å². The van der Waals surface area contributed by atoms with Gasteiger partial charge in [-0.15, -0.1) is 0 Å². The molecule has 2 atom stereocenters. The third-order valence-corrected chi connectivity index (χ3v) is 4.73. The van der Waals surface area contributed by atoms with Crippen molar-refractivity contribution >= 4 is 11.0 Å². The van der Waals surface area contributed by atoms with Gasteiger partial charge in [-0.25, -0.2) is 9.97 Å². The average Bonchev–Trinajstić information content (AvgIpc) is 2.60. The van der Waals surface area contributed by atoms with Gasteiger partial charge in [-0.2, -0.15) is 0 Å². The molecule has 0 amide bonds. The quantitative estimate of drug-likeness (QED) is 0.791. The van der Waals surface area contributed by atoms with Crippen molar-refractivity contribution in [3.05, 3.63) is 30.0 Å². The predicted molar refractivity (Wildman–Crippen MR) is 87.0 cm³/mol. The van der Waals surface area contributed by atoms with Crippen LogP contribution in [0, 0.1) is 5.92 Å². The number of aliphatic hydroxyl groups excluding tert-OH is 2. The van der Waals surface area contributed by atoms with Gasteiger partial charge in [0.25, 0.3) is 0 Å². The molecule has 3 rings (SSSR count). The SMILES string of the molecule is COc1cnc2cccc([C@H](O)[C@@H](O)[C@H]3CC[C@H](N)CC3)c2n1. The molecule has 0 aliphatic heterocycles. The molecular formula is C17H23N3O3. The predicted octanol–water partition coefficient (Wildman–Crippen LogP) is 1.55. The third-order valence-electron chi connectivity index (χ3n) is 4.73. The number of ether oxygens (including phenoxy) is 1. The van der Waals surface area contributed by atoms with Crippen molar-refractivity contribution in [1.82, 2.24) is 9.97 Å². The number of hydrogen-bond donors (Lipinski definition) is 3. The average molecular weight is 317 g/mol. The Balaban J connectivity index is 1.89. The molecule has 124 valence electrons. The van der Waals surface area contributed by atoms with Crippen molar-refractivity contribution in [3.63, 3.8) is 0 Å². The van der Waals surface area contributed by atoms with E-state index in [1.54, 1.807) is 6.07 Å². The number of benzene rings is 1. The van der Waals surface area contributed by atoms with Crippen molar-refractivity contribution in [2.24, 2.45) is 11.7 Å². The molecule has 1 aliphatic rings. The first kappa shape index (κ1) is 16.1. The molecule has 23 heavy (non-hydrogen) atoms. The molecule has 2 aromatic rings. The second-order valence-electron chi connectivity index (χ2n) is 6.24. The number of aromatic nitrogens is 2. The molecule has 0 saturated heterocycles. The van der Waals surface area contributed by atoms with Gasteiger partial charge >= 0.3 is 0 Å². The van der Waals surface area contributed by atoms with Crippen LogP contribution in [0.25, 0.3) is 11.0 Å². The van der Waals surface area contributed by atoms with E-state index in [0.29, 0.717) is 22.5 Å². The third kappa shape index (κ3) is 3.29. The fourth-order valence-corrected chi connectivity index (χ4v) is 3.30. The highest BCUT2D eigenvalue weighted by molar-refractivity contribution is 5.78. The van der Waals surface area contributed by atoms with Crippen LogP contribution in [0.2, 0.25) is 0 Å². The number of methoxy groups -OCH3 is 1. The van der Waals surface area contributed by atoms with E-state index >= 15 is 0 Å². The highest BCUT2D eigenvalue weighted by atomic mass is 16.5. The summed E-state index contributed by atoms with van der Waals surface area (Å²) in [6, 6.07) is 5.62. The highest BCUT2D eigenvalue weighted by Gasteiger charge is 2.31. The van der Waals surface area contributed by atoms with Crippen LogP contribution in [0.4, 0.5) is 0 Å². The number of para-hydroxylation sites is 1. The van der Waals surface area contributed by atoms with Crippen LogP contribution in [0.5, 0.6) is 5.88 Å². The van der Waals surface area contributed by atoms with Gasteiger partial charge in [0.2, 0.25) is 5.88 Å². The topological polar surface area (TPSA) is 101 Å². The van der Waals surface area contributed by atoms with Crippen molar-refractivity contribution in [3.8, 4) is 5.88 Å². The van der Waals surface area contributed by atoms with Crippen LogP contribution in [-0.4, -0.2) is 39.4 Å². The zero-order chi connectivity index (χ0) is 16.4. The van der Waals surface area contributed by atoms with E-state index < -0.39 is 12.2 Å². The summed E-state index contributed by atoms with van der Waals surface area (Å²) in [4.78, 5) is 8.66. The van der Waals surface area contributed by atoms with Crippen LogP contribution in [0.3, 0.4) is 0 Å². The van der Waals surface area contributed by atoms with E-state index in [0.717, 1.165) is 25.7 Å². The Morgan fingerprint density at radius 1 is 1.22 bits per heavy atom. The van der Waals surface area contributed by atoms with Crippen LogP contribution in [-0.2, 0) is 0 Å². The van der Waals surface area contributed by atoms with E-state index in [4.69, 9.17) is 10.5 Å². The lowest BCUT2D eigenvalue weighted by atomic mass is 9.80. The van der Waals surface area contributed by atoms with Crippen molar-refractivity contribution < 1.29 is 14.9 Å². The summed E-state index contributed by atoms with van der Waals surface area (Å²) >= 11 is 0. The monoisotopic (exact) mass is 317 g/mol. The highest BCUT2D eigenvalue weighted by Crippen LogP contribution is 2.34. The molecule has 0 unspecified atom stereocenters. The molecule has 1 fully saturated rings. The number of nitrogens with zero attached hydrogens (tertiary/aromatic N) is 2. The summed E-state index contributed by atoms with van der Waals surface area (Å²) in [5.41, 5.74) is 7.72. The lowest BCUT2D eigenvalue weighted by Gasteiger charge is -2.32. The van der Waals surface area contributed by atoms with Gasteiger partial charge in [0, 0.05) is 11.6 Å². The van der Waals surface area contributed by atoms with Gasteiger partial charge in [0.1, 0.15) is 6.10 Å². The smallest absolute Gasteiger partial charge is 0.232 e. The van der Waals surface area contributed by atoms with Gasteiger partial charge in [0.05, 0.1) is 30.4 Å². The molecule has 1 heterocycles. The Bertz CT molecular complexity index is 671. The second-order valence-corrected chi connectivity index (χ2v) is 6.24. The maximum absolute atomic E-state index is 10.7. The van der Waals surface area contributed by atoms with Crippen LogP contribution >= 0.6 is 0 Å². The Labute approximate surface area is 135 Å². The first-order chi connectivity index (χ1) is 11.1. The van der Waals surface area contributed by atoms with Gasteiger partial charge in [0.15, 0.2) is 0 Å². The van der Waals surface area contributed by atoms with E-state index in [1.165, 1.54) is 13.3 Å². The zero-order valence-corrected chi connectivity index (χ0v) is 13.2. The fourth-order valence-electron chi connectivity index (χ4n) is 3.30. The first-order valence-electron chi connectivity index (χ1n) is 8.01. The first-order valence-corrected chi connectivity index (χ1v) is 8.01. The summed E-state index contributed by atoms with van der Waals surface area (Å²) < 4.78 is 5.11. The zero-order valence-electron chi connectivity index (χ0n) is 13.2. The number of rotatable bonds is 4. The minimum atomic E-state index is -1.00. The minimum absolute atomic E-state index is 0.0543. The molecule has 6 nitrogen and oxygen atoms in total.